The summed E-state index contributed by atoms with van der Waals surface area (Å²) in [5.41, 5.74) is 2.83. The lowest BCUT2D eigenvalue weighted by atomic mass is 10.1. The monoisotopic (exact) mass is 467 g/mol. The number of benzene rings is 1. The molecule has 2 aromatic heterocycles. The first-order valence-electron chi connectivity index (χ1n) is 10.8. The molecule has 0 saturated heterocycles. The Bertz CT molecular complexity index is 904. The molecule has 0 fully saturated rings. The van der Waals surface area contributed by atoms with Crippen LogP contribution in [0.15, 0.2) is 78.0 Å². The molecule has 2 heterocycles. The number of nitrogens with one attached hydrogen (secondary N) is 1. The van der Waals surface area contributed by atoms with Gasteiger partial charge in [-0.25, -0.2) is 0 Å². The molecular formula is C24H29N5O3S. The maximum absolute atomic E-state index is 12.2. The third-order valence-corrected chi connectivity index (χ3v) is 5.52. The number of rotatable bonds is 14. The highest BCUT2D eigenvalue weighted by Crippen LogP contribution is 2.21. The van der Waals surface area contributed by atoms with Gasteiger partial charge in [0, 0.05) is 42.5 Å². The molecule has 0 radical (unpaired) electrons. The average Bonchev–Trinajstić information content (AvgIpc) is 2.84. The average molecular weight is 468 g/mol. The van der Waals surface area contributed by atoms with Gasteiger partial charge in [-0.2, -0.15) is 5.90 Å². The van der Waals surface area contributed by atoms with E-state index in [1.54, 1.807) is 0 Å². The zero-order chi connectivity index (χ0) is 23.1. The summed E-state index contributed by atoms with van der Waals surface area (Å²) >= 11 is 0.999. The van der Waals surface area contributed by atoms with E-state index < -0.39 is 0 Å². The van der Waals surface area contributed by atoms with Crippen molar-refractivity contribution in [1.29, 1.82) is 0 Å². The lowest BCUT2D eigenvalue weighted by Crippen LogP contribution is -2.25. The summed E-state index contributed by atoms with van der Waals surface area (Å²) in [5, 5.41) is 2.92. The third-order valence-electron chi connectivity index (χ3n) is 4.91. The largest absolute Gasteiger partial charge is 0.326 e. The molecule has 0 spiro atoms. The van der Waals surface area contributed by atoms with E-state index in [1.165, 1.54) is 0 Å². The summed E-state index contributed by atoms with van der Waals surface area (Å²) in [6.45, 7) is 2.46. The van der Waals surface area contributed by atoms with Crippen molar-refractivity contribution >= 4 is 23.6 Å². The fourth-order valence-electron chi connectivity index (χ4n) is 3.33. The van der Waals surface area contributed by atoms with E-state index in [4.69, 9.17) is 5.90 Å². The van der Waals surface area contributed by atoms with Crippen LogP contribution in [0, 0.1) is 0 Å². The van der Waals surface area contributed by atoms with Gasteiger partial charge in [0.05, 0.1) is 23.4 Å². The topological polar surface area (TPSA) is 103 Å². The normalized spacial score (nSPS) is 11.0. The van der Waals surface area contributed by atoms with Crippen molar-refractivity contribution in [2.75, 3.05) is 11.9 Å². The summed E-state index contributed by atoms with van der Waals surface area (Å²) in [7, 11) is 0. The summed E-state index contributed by atoms with van der Waals surface area (Å²) in [6.07, 6.45) is 6.94. The molecule has 0 atom stereocenters. The Hall–Kier alpha value is -2.82. The van der Waals surface area contributed by atoms with E-state index in [0.29, 0.717) is 6.42 Å². The van der Waals surface area contributed by atoms with Gasteiger partial charge < -0.3 is 5.32 Å². The molecule has 0 aliphatic heterocycles. The van der Waals surface area contributed by atoms with E-state index in [1.807, 2.05) is 73.1 Å². The Balaban J connectivity index is 1.39. The molecular weight excluding hydrogens is 438 g/mol. The first-order chi connectivity index (χ1) is 16.2. The Morgan fingerprint density at radius 2 is 1.58 bits per heavy atom. The molecule has 0 unspecified atom stereocenters. The lowest BCUT2D eigenvalue weighted by Gasteiger charge is -2.21. The minimum Gasteiger partial charge on any atom is -0.326 e. The molecule has 9 heteroatoms. The zero-order valence-corrected chi connectivity index (χ0v) is 19.2. The summed E-state index contributed by atoms with van der Waals surface area (Å²) in [5.74, 6) is 4.83. The Labute approximate surface area is 198 Å². The fourth-order valence-corrected chi connectivity index (χ4v) is 3.69. The minimum atomic E-state index is 0.00997. The van der Waals surface area contributed by atoms with Crippen LogP contribution in [-0.2, 0) is 27.2 Å². The number of carbonyl (C=O) groups is 1. The highest BCUT2D eigenvalue weighted by Gasteiger charge is 2.09. The van der Waals surface area contributed by atoms with Gasteiger partial charge in [-0.15, -0.1) is 9.32 Å². The number of amides is 1. The lowest BCUT2D eigenvalue weighted by molar-refractivity contribution is -0.195. The molecule has 174 valence electrons. The number of unbranched alkanes of at least 4 members (excludes halogenated alkanes) is 2. The third kappa shape index (κ3) is 9.68. The minimum absolute atomic E-state index is 0.00997. The first kappa shape index (κ1) is 24.8. The van der Waals surface area contributed by atoms with Gasteiger partial charge >= 0.3 is 0 Å². The molecule has 0 saturated carbocycles. The van der Waals surface area contributed by atoms with Crippen LogP contribution in [0.2, 0.25) is 0 Å². The van der Waals surface area contributed by atoms with Crippen molar-refractivity contribution in [3.8, 4) is 0 Å². The second kappa shape index (κ2) is 14.4. The van der Waals surface area contributed by atoms with Crippen LogP contribution in [0.1, 0.15) is 37.1 Å². The van der Waals surface area contributed by atoms with Gasteiger partial charge in [0.25, 0.3) is 0 Å². The SMILES string of the molecule is NOOSc1ccc(NC(=O)CCCCCN(Cc2ccccn2)Cc2ccccn2)cc1. The van der Waals surface area contributed by atoms with Crippen LogP contribution in [0.3, 0.4) is 0 Å². The van der Waals surface area contributed by atoms with E-state index in [2.05, 4.69) is 29.5 Å². The summed E-state index contributed by atoms with van der Waals surface area (Å²) in [6, 6.07) is 19.2. The number of pyridine rings is 2. The predicted octanol–water partition coefficient (Wildman–Crippen LogP) is 4.51. The van der Waals surface area contributed by atoms with E-state index in [-0.39, 0.29) is 5.91 Å². The number of hydrogen-bond acceptors (Lipinski definition) is 8. The first-order valence-corrected chi connectivity index (χ1v) is 11.6. The number of aromatic nitrogens is 2. The van der Waals surface area contributed by atoms with Crippen LogP contribution in [0.5, 0.6) is 0 Å². The Morgan fingerprint density at radius 1 is 0.909 bits per heavy atom. The van der Waals surface area contributed by atoms with Crippen LogP contribution in [0.25, 0.3) is 0 Å². The molecule has 3 N–H and O–H groups in total. The molecule has 33 heavy (non-hydrogen) atoms. The quantitative estimate of drug-likeness (QED) is 0.155. The maximum atomic E-state index is 12.2. The second-order valence-electron chi connectivity index (χ2n) is 7.48. The molecule has 3 aromatic rings. The highest BCUT2D eigenvalue weighted by atomic mass is 32.2. The number of carbonyl (C=O) groups excluding carboxylic acids is 1. The van der Waals surface area contributed by atoms with Crippen molar-refractivity contribution < 1.29 is 14.1 Å². The molecule has 0 aliphatic carbocycles. The van der Waals surface area contributed by atoms with Gasteiger partial charge in [0.15, 0.2) is 0 Å². The Kier molecular flexibility index (Phi) is 10.8. The van der Waals surface area contributed by atoms with Gasteiger partial charge in [-0.3, -0.25) is 19.7 Å². The molecule has 0 aliphatic rings. The maximum Gasteiger partial charge on any atom is 0.224 e. The molecule has 3 rings (SSSR count). The van der Waals surface area contributed by atoms with E-state index >= 15 is 0 Å². The number of nitrogens with two attached hydrogens (primary N) is 1. The molecule has 0 bridgehead atoms. The summed E-state index contributed by atoms with van der Waals surface area (Å²) in [4.78, 5) is 28.4. The number of hydrogen-bond donors (Lipinski definition) is 2. The van der Waals surface area contributed by atoms with Crippen molar-refractivity contribution in [3.63, 3.8) is 0 Å². The zero-order valence-electron chi connectivity index (χ0n) is 18.4. The molecule has 8 nitrogen and oxygen atoms in total. The number of anilines is 1. The highest BCUT2D eigenvalue weighted by molar-refractivity contribution is 7.94. The van der Waals surface area contributed by atoms with Crippen molar-refractivity contribution in [2.24, 2.45) is 5.90 Å². The smallest absolute Gasteiger partial charge is 0.224 e. The van der Waals surface area contributed by atoms with Crippen LogP contribution >= 0.6 is 12.0 Å². The Morgan fingerprint density at radius 3 is 2.15 bits per heavy atom. The molecule has 1 aromatic carbocycles. The van der Waals surface area contributed by atoms with Crippen LogP contribution in [0.4, 0.5) is 5.69 Å². The van der Waals surface area contributed by atoms with Crippen molar-refractivity contribution in [2.45, 2.75) is 43.7 Å². The predicted molar refractivity (Wildman–Crippen MR) is 128 cm³/mol. The van der Waals surface area contributed by atoms with Gasteiger partial charge in [-0.05, 0) is 67.9 Å². The van der Waals surface area contributed by atoms with Crippen molar-refractivity contribution in [1.82, 2.24) is 14.9 Å². The van der Waals surface area contributed by atoms with Gasteiger partial charge in [0.1, 0.15) is 0 Å². The van der Waals surface area contributed by atoms with E-state index in [0.717, 1.165) is 72.9 Å². The summed E-state index contributed by atoms with van der Waals surface area (Å²) < 4.78 is 4.60. The fraction of sp³-hybridized carbons (Fsp3) is 0.292. The van der Waals surface area contributed by atoms with Crippen LogP contribution in [-0.4, -0.2) is 27.3 Å². The van der Waals surface area contributed by atoms with Crippen LogP contribution < -0.4 is 11.2 Å². The van der Waals surface area contributed by atoms with Gasteiger partial charge in [-0.1, -0.05) is 18.6 Å². The van der Waals surface area contributed by atoms with E-state index in [9.17, 15) is 4.79 Å². The van der Waals surface area contributed by atoms with Crippen molar-refractivity contribution in [3.05, 3.63) is 84.4 Å². The second-order valence-corrected chi connectivity index (χ2v) is 8.26. The van der Waals surface area contributed by atoms with Gasteiger partial charge in [0.2, 0.25) is 5.91 Å². The standard InChI is InChI=1S/C24H29N5O3S/c25-31-32-33-23-13-11-20(12-14-23)28-24(30)10-2-1-7-17-29(18-21-8-3-5-15-26-21)19-22-9-4-6-16-27-22/h3-6,8-9,11-16H,1-2,7,10,17-19,25H2,(H,28,30). The number of nitrogens with zero attached hydrogens (tertiary/aromatic N) is 3. The molecule has 1 amide bonds.